The Bertz CT molecular complexity index is 782. The van der Waals surface area contributed by atoms with Crippen LogP contribution in [0.5, 0.6) is 0 Å². The molecule has 2 nitrogen and oxygen atoms in total. The van der Waals surface area contributed by atoms with E-state index in [-0.39, 0.29) is 0 Å². The third kappa shape index (κ3) is 5.73. The summed E-state index contributed by atoms with van der Waals surface area (Å²) < 4.78 is 0. The van der Waals surface area contributed by atoms with Gasteiger partial charge in [0, 0.05) is 6.20 Å². The molecule has 1 heterocycles. The first-order valence-electron chi connectivity index (χ1n) is 8.04. The lowest BCUT2D eigenvalue weighted by atomic mass is 10.0. The van der Waals surface area contributed by atoms with E-state index in [1.807, 2.05) is 24.3 Å². The highest BCUT2D eigenvalue weighted by Gasteiger charge is 1.98. The SMILES string of the molecule is C=C/C(=C\C(=C)/C=C\c1cccc(C)c1)CCc1ccnc(N)c1. The van der Waals surface area contributed by atoms with Gasteiger partial charge in [0.1, 0.15) is 5.82 Å². The van der Waals surface area contributed by atoms with Gasteiger partial charge < -0.3 is 5.73 Å². The zero-order valence-electron chi connectivity index (χ0n) is 14.2. The molecular weight excluding hydrogens is 292 g/mol. The fourth-order valence-corrected chi connectivity index (χ4v) is 2.44. The average molecular weight is 316 g/mol. The molecule has 0 spiro atoms. The Kier molecular flexibility index (Phi) is 6.32. The second kappa shape index (κ2) is 8.68. The molecule has 1 aromatic carbocycles. The van der Waals surface area contributed by atoms with Crippen LogP contribution in [0.2, 0.25) is 0 Å². The van der Waals surface area contributed by atoms with Crippen molar-refractivity contribution in [3.05, 3.63) is 102 Å². The van der Waals surface area contributed by atoms with Crippen LogP contribution in [0.25, 0.3) is 6.08 Å². The fraction of sp³-hybridized carbons (Fsp3) is 0.136. The number of pyridine rings is 1. The lowest BCUT2D eigenvalue weighted by molar-refractivity contribution is 0.961. The second-order valence-electron chi connectivity index (χ2n) is 5.83. The minimum Gasteiger partial charge on any atom is -0.384 e. The molecule has 2 N–H and O–H groups in total. The number of hydrogen-bond acceptors (Lipinski definition) is 2. The van der Waals surface area contributed by atoms with Gasteiger partial charge in [-0.15, -0.1) is 0 Å². The van der Waals surface area contributed by atoms with Gasteiger partial charge in [0.15, 0.2) is 0 Å². The maximum atomic E-state index is 5.71. The summed E-state index contributed by atoms with van der Waals surface area (Å²) in [6.07, 6.45) is 11.6. The van der Waals surface area contributed by atoms with E-state index in [0.29, 0.717) is 5.82 Å². The smallest absolute Gasteiger partial charge is 0.123 e. The Balaban J connectivity index is 1.98. The van der Waals surface area contributed by atoms with Crippen molar-refractivity contribution >= 4 is 11.9 Å². The lowest BCUT2D eigenvalue weighted by Gasteiger charge is -2.04. The van der Waals surface area contributed by atoms with Crippen LogP contribution in [0.3, 0.4) is 0 Å². The van der Waals surface area contributed by atoms with E-state index in [2.05, 4.69) is 61.5 Å². The number of aromatic nitrogens is 1. The number of anilines is 1. The summed E-state index contributed by atoms with van der Waals surface area (Å²) in [6, 6.07) is 12.3. The predicted octanol–water partition coefficient (Wildman–Crippen LogP) is 5.29. The van der Waals surface area contributed by atoms with Gasteiger partial charge in [-0.25, -0.2) is 4.98 Å². The molecule has 0 radical (unpaired) electrons. The number of hydrogen-bond donors (Lipinski definition) is 1. The van der Waals surface area contributed by atoms with Gasteiger partial charge >= 0.3 is 0 Å². The summed E-state index contributed by atoms with van der Waals surface area (Å²) in [6.45, 7) is 10.1. The molecule has 0 unspecified atom stereocenters. The quantitative estimate of drug-likeness (QED) is 0.705. The van der Waals surface area contributed by atoms with Crippen molar-refractivity contribution in [1.82, 2.24) is 4.98 Å². The Morgan fingerprint density at radius 1 is 1.25 bits per heavy atom. The zero-order chi connectivity index (χ0) is 17.4. The van der Waals surface area contributed by atoms with Gasteiger partial charge in [-0.3, -0.25) is 0 Å². The van der Waals surface area contributed by atoms with Gasteiger partial charge in [-0.1, -0.05) is 67.3 Å². The minimum absolute atomic E-state index is 0.558. The lowest BCUT2D eigenvalue weighted by Crippen LogP contribution is -1.93. The molecule has 0 bridgehead atoms. The van der Waals surface area contributed by atoms with Gasteiger partial charge in [-0.2, -0.15) is 0 Å². The number of aryl methyl sites for hydroxylation is 2. The number of nitrogens with two attached hydrogens (primary N) is 1. The van der Waals surface area contributed by atoms with Gasteiger partial charge in [0.25, 0.3) is 0 Å². The van der Waals surface area contributed by atoms with Crippen LogP contribution in [0.4, 0.5) is 5.82 Å². The molecule has 0 fully saturated rings. The van der Waals surface area contributed by atoms with Crippen molar-refractivity contribution < 1.29 is 0 Å². The molecule has 0 saturated carbocycles. The molecule has 0 saturated heterocycles. The fourth-order valence-electron chi connectivity index (χ4n) is 2.44. The van der Waals surface area contributed by atoms with Crippen LogP contribution in [0.15, 0.2) is 85.1 Å². The maximum absolute atomic E-state index is 5.71. The number of benzene rings is 1. The average Bonchev–Trinajstić information content (AvgIpc) is 2.57. The van der Waals surface area contributed by atoms with Crippen LogP contribution >= 0.6 is 0 Å². The van der Waals surface area contributed by atoms with Crippen molar-refractivity contribution in [1.29, 1.82) is 0 Å². The molecular formula is C22H24N2. The highest BCUT2D eigenvalue weighted by Crippen LogP contribution is 2.15. The van der Waals surface area contributed by atoms with Crippen LogP contribution in [-0.4, -0.2) is 4.98 Å². The van der Waals surface area contributed by atoms with Gasteiger partial charge in [0.05, 0.1) is 0 Å². The topological polar surface area (TPSA) is 38.9 Å². The minimum atomic E-state index is 0.558. The van der Waals surface area contributed by atoms with Crippen molar-refractivity contribution in [2.24, 2.45) is 0 Å². The number of nitrogens with zero attached hydrogens (tertiary/aromatic N) is 1. The van der Waals surface area contributed by atoms with Crippen LogP contribution in [-0.2, 0) is 6.42 Å². The second-order valence-corrected chi connectivity index (χ2v) is 5.83. The molecule has 2 heteroatoms. The standard InChI is InChI=1S/C22H24N2/c1-4-19(10-11-21-12-13-24-22(23)16-21)14-18(3)8-9-20-7-5-6-17(2)15-20/h4-9,12-16H,1,3,10-11H2,2H3,(H2,23,24)/b9-8-,19-14+. The first kappa shape index (κ1) is 17.5. The molecule has 0 aliphatic carbocycles. The highest BCUT2D eigenvalue weighted by atomic mass is 14.8. The summed E-state index contributed by atoms with van der Waals surface area (Å²) in [4.78, 5) is 4.01. The molecule has 122 valence electrons. The first-order valence-corrected chi connectivity index (χ1v) is 8.04. The Morgan fingerprint density at radius 2 is 2.08 bits per heavy atom. The Hall–Kier alpha value is -2.87. The summed E-state index contributed by atoms with van der Waals surface area (Å²) in [5.74, 6) is 0.558. The normalized spacial score (nSPS) is 11.6. The molecule has 2 aromatic rings. The number of allylic oxidation sites excluding steroid dienone is 5. The van der Waals surface area contributed by atoms with Crippen LogP contribution in [0, 0.1) is 6.92 Å². The zero-order valence-corrected chi connectivity index (χ0v) is 14.2. The Morgan fingerprint density at radius 3 is 2.79 bits per heavy atom. The molecule has 1 aromatic heterocycles. The largest absolute Gasteiger partial charge is 0.384 e. The van der Waals surface area contributed by atoms with Crippen LogP contribution < -0.4 is 5.73 Å². The first-order chi connectivity index (χ1) is 11.6. The van der Waals surface area contributed by atoms with E-state index in [1.165, 1.54) is 16.7 Å². The van der Waals surface area contributed by atoms with Crippen LogP contribution in [0.1, 0.15) is 23.1 Å². The number of nitrogen functional groups attached to an aromatic ring is 1. The third-order valence-electron chi connectivity index (χ3n) is 3.71. The third-order valence-corrected chi connectivity index (χ3v) is 3.71. The van der Waals surface area contributed by atoms with Crippen molar-refractivity contribution in [2.75, 3.05) is 5.73 Å². The molecule has 0 aliphatic heterocycles. The van der Waals surface area contributed by atoms with E-state index in [9.17, 15) is 0 Å². The summed E-state index contributed by atoms with van der Waals surface area (Å²) in [5.41, 5.74) is 11.4. The molecule has 0 atom stereocenters. The van der Waals surface area contributed by atoms with E-state index in [0.717, 1.165) is 24.0 Å². The number of rotatable bonds is 7. The molecule has 2 rings (SSSR count). The molecule has 0 amide bonds. The van der Waals surface area contributed by atoms with Crippen molar-refractivity contribution in [3.63, 3.8) is 0 Å². The molecule has 24 heavy (non-hydrogen) atoms. The van der Waals surface area contributed by atoms with Crippen molar-refractivity contribution in [3.8, 4) is 0 Å². The molecule has 0 aliphatic rings. The van der Waals surface area contributed by atoms with E-state index in [4.69, 9.17) is 5.73 Å². The van der Waals surface area contributed by atoms with Gasteiger partial charge in [0.2, 0.25) is 0 Å². The summed E-state index contributed by atoms with van der Waals surface area (Å²) >= 11 is 0. The summed E-state index contributed by atoms with van der Waals surface area (Å²) in [7, 11) is 0. The highest BCUT2D eigenvalue weighted by molar-refractivity contribution is 5.55. The Labute approximate surface area is 144 Å². The van der Waals surface area contributed by atoms with Gasteiger partial charge in [-0.05, 0) is 54.2 Å². The van der Waals surface area contributed by atoms with E-state index < -0.39 is 0 Å². The monoisotopic (exact) mass is 316 g/mol. The predicted molar refractivity (Wildman–Crippen MR) is 105 cm³/mol. The van der Waals surface area contributed by atoms with E-state index in [1.54, 1.807) is 6.20 Å². The summed E-state index contributed by atoms with van der Waals surface area (Å²) in [5, 5.41) is 0. The van der Waals surface area contributed by atoms with Crippen molar-refractivity contribution in [2.45, 2.75) is 19.8 Å². The maximum Gasteiger partial charge on any atom is 0.123 e. The van der Waals surface area contributed by atoms with E-state index >= 15 is 0 Å².